The van der Waals surface area contributed by atoms with Gasteiger partial charge in [0, 0.05) is 6.54 Å². The van der Waals surface area contributed by atoms with E-state index in [4.69, 9.17) is 5.73 Å². The average Bonchev–Trinajstić information content (AvgIpc) is 2.75. The van der Waals surface area contributed by atoms with Crippen LogP contribution in [-0.2, 0) is 0 Å². The predicted molar refractivity (Wildman–Crippen MR) is 65.5 cm³/mol. The SMILES string of the molecule is CCN(CC)CCCNC(=O)c1n[nH]nc1N. The van der Waals surface area contributed by atoms with Gasteiger partial charge >= 0.3 is 0 Å². The molecule has 0 fully saturated rings. The highest BCUT2D eigenvalue weighted by Gasteiger charge is 2.12. The monoisotopic (exact) mass is 240 g/mol. The first-order valence-electron chi connectivity index (χ1n) is 5.85. The summed E-state index contributed by atoms with van der Waals surface area (Å²) in [5.41, 5.74) is 5.62. The summed E-state index contributed by atoms with van der Waals surface area (Å²) in [6.45, 7) is 7.89. The largest absolute Gasteiger partial charge is 0.380 e. The van der Waals surface area contributed by atoms with Crippen LogP contribution in [0.2, 0.25) is 0 Å². The summed E-state index contributed by atoms with van der Waals surface area (Å²) in [7, 11) is 0. The molecule has 0 aliphatic heterocycles. The van der Waals surface area contributed by atoms with Gasteiger partial charge in [0.15, 0.2) is 11.5 Å². The molecule has 1 amide bonds. The molecule has 0 saturated carbocycles. The van der Waals surface area contributed by atoms with Crippen LogP contribution in [0.5, 0.6) is 0 Å². The first-order valence-corrected chi connectivity index (χ1v) is 5.85. The van der Waals surface area contributed by atoms with Gasteiger partial charge in [-0.15, -0.1) is 10.2 Å². The molecule has 7 heteroatoms. The highest BCUT2D eigenvalue weighted by Crippen LogP contribution is 2.01. The van der Waals surface area contributed by atoms with Gasteiger partial charge in [0.2, 0.25) is 0 Å². The lowest BCUT2D eigenvalue weighted by Crippen LogP contribution is -2.30. The first kappa shape index (κ1) is 13.4. The number of rotatable bonds is 7. The Balaban J connectivity index is 2.23. The van der Waals surface area contributed by atoms with Gasteiger partial charge in [-0.05, 0) is 26.1 Å². The standard InChI is InChI=1S/C10H20N6O/c1-3-16(4-2)7-5-6-12-10(17)8-9(11)14-15-13-8/h3-7H2,1-2H3,(H,12,17)(H3,11,13,14,15). The van der Waals surface area contributed by atoms with E-state index in [9.17, 15) is 4.79 Å². The number of carbonyl (C=O) groups excluding carboxylic acids is 1. The van der Waals surface area contributed by atoms with E-state index in [1.807, 2.05) is 0 Å². The zero-order valence-corrected chi connectivity index (χ0v) is 10.4. The Morgan fingerprint density at radius 2 is 2.12 bits per heavy atom. The zero-order chi connectivity index (χ0) is 12.7. The number of amides is 1. The number of H-pyrrole nitrogens is 1. The number of aromatic amines is 1. The Morgan fingerprint density at radius 1 is 1.41 bits per heavy atom. The molecule has 0 spiro atoms. The molecule has 1 aromatic rings. The van der Waals surface area contributed by atoms with Gasteiger partial charge < -0.3 is 16.0 Å². The molecular formula is C10H20N6O. The molecule has 4 N–H and O–H groups in total. The second kappa shape index (κ2) is 6.85. The van der Waals surface area contributed by atoms with E-state index in [1.54, 1.807) is 0 Å². The summed E-state index contributed by atoms with van der Waals surface area (Å²) in [5.74, 6) is -0.151. The molecule has 0 saturated heterocycles. The van der Waals surface area contributed by atoms with E-state index in [-0.39, 0.29) is 17.4 Å². The Morgan fingerprint density at radius 3 is 2.65 bits per heavy atom. The summed E-state index contributed by atoms with van der Waals surface area (Å²) in [5, 5.41) is 12.3. The van der Waals surface area contributed by atoms with Crippen molar-refractivity contribution in [1.82, 2.24) is 25.6 Å². The Bertz CT molecular complexity index is 346. The molecule has 1 aromatic heterocycles. The van der Waals surface area contributed by atoms with Crippen LogP contribution in [0.3, 0.4) is 0 Å². The lowest BCUT2D eigenvalue weighted by atomic mass is 10.3. The van der Waals surface area contributed by atoms with Crippen molar-refractivity contribution in [2.75, 3.05) is 31.9 Å². The van der Waals surface area contributed by atoms with Crippen LogP contribution < -0.4 is 11.1 Å². The molecule has 96 valence electrons. The van der Waals surface area contributed by atoms with Crippen LogP contribution in [0, 0.1) is 0 Å². The Hall–Kier alpha value is -1.63. The number of aromatic nitrogens is 3. The molecule has 0 aliphatic rings. The molecule has 0 aliphatic carbocycles. The van der Waals surface area contributed by atoms with Crippen molar-refractivity contribution in [2.45, 2.75) is 20.3 Å². The molecule has 0 radical (unpaired) electrons. The Kier molecular flexibility index (Phi) is 5.41. The van der Waals surface area contributed by atoms with E-state index in [0.717, 1.165) is 26.1 Å². The van der Waals surface area contributed by atoms with Crippen LogP contribution in [0.25, 0.3) is 0 Å². The minimum Gasteiger partial charge on any atom is -0.380 e. The number of carbonyl (C=O) groups is 1. The molecule has 0 atom stereocenters. The van der Waals surface area contributed by atoms with Crippen LogP contribution in [0.15, 0.2) is 0 Å². The van der Waals surface area contributed by atoms with E-state index in [2.05, 4.69) is 39.5 Å². The molecule has 0 unspecified atom stereocenters. The number of anilines is 1. The highest BCUT2D eigenvalue weighted by molar-refractivity contribution is 5.96. The number of hydrogen-bond donors (Lipinski definition) is 3. The van der Waals surface area contributed by atoms with E-state index in [1.165, 1.54) is 0 Å². The number of nitrogen functional groups attached to an aromatic ring is 1. The molecule has 7 nitrogen and oxygen atoms in total. The number of nitrogens with zero attached hydrogens (tertiary/aromatic N) is 3. The van der Waals surface area contributed by atoms with Crippen LogP contribution in [-0.4, -0.2) is 52.4 Å². The smallest absolute Gasteiger partial charge is 0.275 e. The highest BCUT2D eigenvalue weighted by atomic mass is 16.2. The van der Waals surface area contributed by atoms with E-state index >= 15 is 0 Å². The van der Waals surface area contributed by atoms with Crippen LogP contribution in [0.4, 0.5) is 5.82 Å². The number of nitrogens with two attached hydrogens (primary N) is 1. The van der Waals surface area contributed by atoms with Crippen molar-refractivity contribution < 1.29 is 4.79 Å². The van der Waals surface area contributed by atoms with Crippen LogP contribution in [0.1, 0.15) is 30.8 Å². The molecule has 0 bridgehead atoms. The van der Waals surface area contributed by atoms with E-state index in [0.29, 0.717) is 6.54 Å². The first-order chi connectivity index (χ1) is 8.19. The second-order valence-corrected chi connectivity index (χ2v) is 3.69. The molecule has 0 aromatic carbocycles. The van der Waals surface area contributed by atoms with Gasteiger partial charge in [0.05, 0.1) is 0 Å². The second-order valence-electron chi connectivity index (χ2n) is 3.69. The van der Waals surface area contributed by atoms with Gasteiger partial charge in [-0.1, -0.05) is 13.8 Å². The third-order valence-corrected chi connectivity index (χ3v) is 2.62. The zero-order valence-electron chi connectivity index (χ0n) is 10.4. The molecular weight excluding hydrogens is 220 g/mol. The lowest BCUT2D eigenvalue weighted by molar-refractivity contribution is 0.0947. The average molecular weight is 240 g/mol. The molecule has 1 heterocycles. The third-order valence-electron chi connectivity index (χ3n) is 2.62. The van der Waals surface area contributed by atoms with Gasteiger partial charge in [-0.2, -0.15) is 5.21 Å². The minimum atomic E-state index is -0.282. The van der Waals surface area contributed by atoms with E-state index < -0.39 is 0 Å². The van der Waals surface area contributed by atoms with Crippen LogP contribution >= 0.6 is 0 Å². The van der Waals surface area contributed by atoms with Crippen molar-refractivity contribution in [3.8, 4) is 0 Å². The Labute approximate surface area is 101 Å². The fraction of sp³-hybridized carbons (Fsp3) is 0.700. The summed E-state index contributed by atoms with van der Waals surface area (Å²) in [4.78, 5) is 13.9. The van der Waals surface area contributed by atoms with Gasteiger partial charge in [-0.3, -0.25) is 4.79 Å². The van der Waals surface area contributed by atoms with Crippen molar-refractivity contribution in [1.29, 1.82) is 0 Å². The van der Waals surface area contributed by atoms with Gasteiger partial charge in [-0.25, -0.2) is 0 Å². The molecule has 17 heavy (non-hydrogen) atoms. The summed E-state index contributed by atoms with van der Waals surface area (Å²) in [6, 6.07) is 0. The third kappa shape index (κ3) is 4.03. The maximum Gasteiger partial charge on any atom is 0.275 e. The maximum atomic E-state index is 11.6. The summed E-state index contributed by atoms with van der Waals surface area (Å²) in [6.07, 6.45) is 0.908. The van der Waals surface area contributed by atoms with Crippen molar-refractivity contribution >= 4 is 11.7 Å². The lowest BCUT2D eigenvalue weighted by Gasteiger charge is -2.17. The van der Waals surface area contributed by atoms with Crippen molar-refractivity contribution in [2.24, 2.45) is 0 Å². The van der Waals surface area contributed by atoms with Crippen molar-refractivity contribution in [3.05, 3.63) is 5.69 Å². The minimum absolute atomic E-state index is 0.131. The number of nitrogens with one attached hydrogen (secondary N) is 2. The number of hydrogen-bond acceptors (Lipinski definition) is 5. The van der Waals surface area contributed by atoms with Crippen molar-refractivity contribution in [3.63, 3.8) is 0 Å². The summed E-state index contributed by atoms with van der Waals surface area (Å²) >= 11 is 0. The maximum absolute atomic E-state index is 11.6. The fourth-order valence-corrected chi connectivity index (χ4v) is 1.53. The topological polar surface area (TPSA) is 99.9 Å². The molecule has 1 rings (SSSR count). The predicted octanol–water partition coefficient (Wildman–Crippen LogP) is -0.151. The quantitative estimate of drug-likeness (QED) is 0.575. The van der Waals surface area contributed by atoms with Gasteiger partial charge in [0.1, 0.15) is 0 Å². The van der Waals surface area contributed by atoms with Gasteiger partial charge in [0.25, 0.3) is 5.91 Å². The normalized spacial score (nSPS) is 10.8. The summed E-state index contributed by atoms with van der Waals surface area (Å²) < 4.78 is 0. The fourth-order valence-electron chi connectivity index (χ4n) is 1.53.